The molecule has 1 amide bonds. The van der Waals surface area contributed by atoms with Crippen LogP contribution in [-0.2, 0) is 0 Å². The first-order valence-corrected chi connectivity index (χ1v) is 7.15. The summed E-state index contributed by atoms with van der Waals surface area (Å²) in [6.45, 7) is 0.473. The van der Waals surface area contributed by atoms with Gasteiger partial charge >= 0.3 is 0 Å². The summed E-state index contributed by atoms with van der Waals surface area (Å²) in [6.07, 6.45) is 6.18. The van der Waals surface area contributed by atoms with Gasteiger partial charge in [-0.1, -0.05) is 25.7 Å². The molecule has 0 saturated heterocycles. The van der Waals surface area contributed by atoms with Crippen LogP contribution in [0.3, 0.4) is 0 Å². The summed E-state index contributed by atoms with van der Waals surface area (Å²) in [7, 11) is 1.55. The average molecular weight is 278 g/mol. The Labute approximate surface area is 119 Å². The summed E-state index contributed by atoms with van der Waals surface area (Å²) in [5.41, 5.74) is -0.372. The number of hydrogen-bond acceptors (Lipinski definition) is 5. The molecule has 0 unspecified atom stereocenters. The zero-order valence-electron chi connectivity index (χ0n) is 11.9. The van der Waals surface area contributed by atoms with Crippen molar-refractivity contribution < 1.29 is 9.90 Å². The fourth-order valence-corrected chi connectivity index (χ4v) is 2.49. The maximum atomic E-state index is 11.3. The predicted octanol–water partition coefficient (Wildman–Crippen LogP) is 1.33. The number of nitrogens with zero attached hydrogens (tertiary/aromatic N) is 2. The highest BCUT2D eigenvalue weighted by Gasteiger charge is 2.27. The van der Waals surface area contributed by atoms with E-state index in [2.05, 4.69) is 20.8 Å². The molecule has 0 radical (unpaired) electrons. The van der Waals surface area contributed by atoms with Crippen molar-refractivity contribution in [3.63, 3.8) is 0 Å². The molecule has 6 heteroatoms. The van der Waals surface area contributed by atoms with Gasteiger partial charge in [-0.3, -0.25) is 4.79 Å². The van der Waals surface area contributed by atoms with E-state index in [1.807, 2.05) is 0 Å². The Kier molecular flexibility index (Phi) is 4.89. The van der Waals surface area contributed by atoms with Crippen LogP contribution in [0.4, 0.5) is 5.82 Å². The average Bonchev–Trinajstić information content (AvgIpc) is 2.70. The number of nitrogens with one attached hydrogen (secondary N) is 2. The molecule has 2 rings (SSSR count). The summed E-state index contributed by atoms with van der Waals surface area (Å²) < 4.78 is 0. The zero-order valence-corrected chi connectivity index (χ0v) is 11.9. The minimum atomic E-state index is -0.655. The quantitative estimate of drug-likeness (QED) is 0.723. The van der Waals surface area contributed by atoms with E-state index in [1.165, 1.54) is 12.8 Å². The van der Waals surface area contributed by atoms with Crippen LogP contribution < -0.4 is 10.6 Å². The highest BCUT2D eigenvalue weighted by Crippen LogP contribution is 2.27. The Morgan fingerprint density at radius 3 is 2.50 bits per heavy atom. The number of carbonyl (C=O) groups excluding carboxylic acids is 1. The summed E-state index contributed by atoms with van der Waals surface area (Å²) in [6, 6.07) is 3.32. The molecule has 0 aromatic carbocycles. The third kappa shape index (κ3) is 3.90. The van der Waals surface area contributed by atoms with E-state index in [9.17, 15) is 9.90 Å². The van der Waals surface area contributed by atoms with Gasteiger partial charge in [0.05, 0.1) is 5.60 Å². The van der Waals surface area contributed by atoms with Crippen molar-refractivity contribution >= 4 is 11.7 Å². The molecular formula is C14H22N4O2. The van der Waals surface area contributed by atoms with Gasteiger partial charge in [-0.15, -0.1) is 10.2 Å². The standard InChI is InChI=1S/C14H22N4O2/c1-15-13(19)11-6-7-12(18-17-11)16-10-14(20)8-4-2-3-5-9-14/h6-7,20H,2-5,8-10H2,1H3,(H,15,19)(H,16,18). The maximum Gasteiger partial charge on any atom is 0.271 e. The van der Waals surface area contributed by atoms with Gasteiger partial charge in [-0.2, -0.15) is 0 Å². The molecule has 1 heterocycles. The zero-order chi connectivity index (χ0) is 14.4. The lowest BCUT2D eigenvalue weighted by Crippen LogP contribution is -2.36. The molecule has 1 aliphatic carbocycles. The topological polar surface area (TPSA) is 87.1 Å². The second kappa shape index (κ2) is 6.65. The van der Waals surface area contributed by atoms with Crippen LogP contribution in [0, 0.1) is 0 Å². The lowest BCUT2D eigenvalue weighted by molar-refractivity contribution is 0.0380. The smallest absolute Gasteiger partial charge is 0.271 e. The van der Waals surface area contributed by atoms with Gasteiger partial charge in [0.2, 0.25) is 0 Å². The first kappa shape index (κ1) is 14.7. The molecule has 0 atom stereocenters. The number of anilines is 1. The van der Waals surface area contributed by atoms with Crippen LogP contribution in [0.5, 0.6) is 0 Å². The third-order valence-electron chi connectivity index (χ3n) is 3.76. The van der Waals surface area contributed by atoms with Crippen molar-refractivity contribution in [3.05, 3.63) is 17.8 Å². The molecule has 0 spiro atoms. The minimum absolute atomic E-state index is 0.258. The van der Waals surface area contributed by atoms with E-state index >= 15 is 0 Å². The van der Waals surface area contributed by atoms with Crippen molar-refractivity contribution in [2.45, 2.75) is 44.1 Å². The second-order valence-electron chi connectivity index (χ2n) is 5.38. The van der Waals surface area contributed by atoms with Crippen molar-refractivity contribution in [2.24, 2.45) is 0 Å². The molecule has 0 bridgehead atoms. The van der Waals surface area contributed by atoms with E-state index in [0.717, 1.165) is 25.7 Å². The Hall–Kier alpha value is -1.69. The van der Waals surface area contributed by atoms with Crippen molar-refractivity contribution in [1.29, 1.82) is 0 Å². The predicted molar refractivity (Wildman–Crippen MR) is 76.6 cm³/mol. The monoisotopic (exact) mass is 278 g/mol. The van der Waals surface area contributed by atoms with E-state index in [4.69, 9.17) is 0 Å². The summed E-state index contributed by atoms with van der Waals surface area (Å²) >= 11 is 0. The molecule has 1 aromatic heterocycles. The van der Waals surface area contributed by atoms with Crippen LogP contribution in [0.15, 0.2) is 12.1 Å². The number of hydrogen-bond donors (Lipinski definition) is 3. The first-order chi connectivity index (χ1) is 9.63. The Morgan fingerprint density at radius 2 is 1.95 bits per heavy atom. The van der Waals surface area contributed by atoms with Crippen molar-refractivity contribution in [3.8, 4) is 0 Å². The van der Waals surface area contributed by atoms with E-state index in [-0.39, 0.29) is 11.6 Å². The SMILES string of the molecule is CNC(=O)c1ccc(NCC2(O)CCCCCC2)nn1. The molecule has 1 aliphatic rings. The van der Waals surface area contributed by atoms with Crippen LogP contribution in [0.1, 0.15) is 49.0 Å². The molecule has 3 N–H and O–H groups in total. The van der Waals surface area contributed by atoms with E-state index in [1.54, 1.807) is 19.2 Å². The van der Waals surface area contributed by atoms with Gasteiger partial charge in [-0.05, 0) is 25.0 Å². The summed E-state index contributed by atoms with van der Waals surface area (Å²) in [4.78, 5) is 11.3. The molecule has 110 valence electrons. The van der Waals surface area contributed by atoms with Gasteiger partial charge in [0.15, 0.2) is 5.69 Å². The minimum Gasteiger partial charge on any atom is -0.388 e. The molecule has 1 saturated carbocycles. The highest BCUT2D eigenvalue weighted by atomic mass is 16.3. The van der Waals surface area contributed by atoms with Gasteiger partial charge in [0.25, 0.3) is 5.91 Å². The molecule has 20 heavy (non-hydrogen) atoms. The number of aliphatic hydroxyl groups is 1. The van der Waals surface area contributed by atoms with Gasteiger partial charge in [0.1, 0.15) is 5.82 Å². The van der Waals surface area contributed by atoms with Crippen molar-refractivity contribution in [2.75, 3.05) is 18.9 Å². The lowest BCUT2D eigenvalue weighted by Gasteiger charge is -2.26. The van der Waals surface area contributed by atoms with Crippen LogP contribution in [-0.4, -0.2) is 40.4 Å². The number of aromatic nitrogens is 2. The first-order valence-electron chi connectivity index (χ1n) is 7.15. The lowest BCUT2D eigenvalue weighted by atomic mass is 9.94. The van der Waals surface area contributed by atoms with Gasteiger partial charge < -0.3 is 15.7 Å². The van der Waals surface area contributed by atoms with Crippen molar-refractivity contribution in [1.82, 2.24) is 15.5 Å². The van der Waals surface area contributed by atoms with Crippen LogP contribution >= 0.6 is 0 Å². The van der Waals surface area contributed by atoms with Gasteiger partial charge in [-0.25, -0.2) is 0 Å². The molecule has 1 fully saturated rings. The third-order valence-corrected chi connectivity index (χ3v) is 3.76. The Bertz CT molecular complexity index is 439. The van der Waals surface area contributed by atoms with Crippen LogP contribution in [0.2, 0.25) is 0 Å². The second-order valence-corrected chi connectivity index (χ2v) is 5.38. The van der Waals surface area contributed by atoms with Crippen LogP contribution in [0.25, 0.3) is 0 Å². The number of amides is 1. The van der Waals surface area contributed by atoms with Gasteiger partial charge in [0, 0.05) is 13.6 Å². The number of carbonyl (C=O) groups is 1. The van der Waals surface area contributed by atoms with E-state index in [0.29, 0.717) is 12.4 Å². The summed E-state index contributed by atoms with van der Waals surface area (Å²) in [5.74, 6) is 0.321. The fraction of sp³-hybridized carbons (Fsp3) is 0.643. The molecule has 6 nitrogen and oxygen atoms in total. The fourth-order valence-electron chi connectivity index (χ4n) is 2.49. The van der Waals surface area contributed by atoms with E-state index < -0.39 is 5.60 Å². The molecule has 0 aliphatic heterocycles. The molecule has 1 aromatic rings. The highest BCUT2D eigenvalue weighted by molar-refractivity contribution is 5.91. The Morgan fingerprint density at radius 1 is 1.25 bits per heavy atom. The number of rotatable bonds is 4. The molecular weight excluding hydrogens is 256 g/mol. The largest absolute Gasteiger partial charge is 0.388 e. The normalized spacial score (nSPS) is 18.1. The Balaban J connectivity index is 1.91. The summed E-state index contributed by atoms with van der Waals surface area (Å²) in [5, 5.41) is 23.9. The maximum absolute atomic E-state index is 11.3.